The summed E-state index contributed by atoms with van der Waals surface area (Å²) in [5, 5.41) is 8.82. The van der Waals surface area contributed by atoms with Crippen LogP contribution in [-0.4, -0.2) is 41.4 Å². The van der Waals surface area contributed by atoms with Gasteiger partial charge >= 0.3 is 0 Å². The minimum atomic E-state index is -0.153. The second-order valence-corrected chi connectivity index (χ2v) is 6.22. The monoisotopic (exact) mass is 353 g/mol. The number of hydrogen-bond donors (Lipinski definition) is 3. The van der Waals surface area contributed by atoms with Crippen LogP contribution in [0.15, 0.2) is 30.3 Å². The summed E-state index contributed by atoms with van der Waals surface area (Å²) in [7, 11) is 0. The predicted octanol–water partition coefficient (Wildman–Crippen LogP) is 1.10. The number of rotatable bonds is 7. The zero-order valence-corrected chi connectivity index (χ0v) is 14.8. The van der Waals surface area contributed by atoms with Crippen molar-refractivity contribution in [1.82, 2.24) is 20.6 Å². The van der Waals surface area contributed by atoms with Crippen LogP contribution in [0.1, 0.15) is 34.4 Å². The fourth-order valence-electron chi connectivity index (χ4n) is 2.92. The van der Waals surface area contributed by atoms with Gasteiger partial charge in [0.1, 0.15) is 17.3 Å². The van der Waals surface area contributed by atoms with E-state index >= 15 is 0 Å². The molecule has 7 nitrogen and oxygen atoms in total. The number of nitrogens with one attached hydrogen (secondary N) is 3. The Morgan fingerprint density at radius 2 is 1.96 bits per heavy atom. The molecule has 26 heavy (non-hydrogen) atoms. The van der Waals surface area contributed by atoms with Crippen molar-refractivity contribution in [3.8, 4) is 0 Å². The van der Waals surface area contributed by atoms with E-state index in [1.165, 1.54) is 12.5 Å². The fourth-order valence-corrected chi connectivity index (χ4v) is 2.92. The first-order valence-electron chi connectivity index (χ1n) is 8.83. The number of anilines is 1. The highest BCUT2D eigenvalue weighted by atomic mass is 16.2. The lowest BCUT2D eigenvalue weighted by Crippen LogP contribution is -2.35. The van der Waals surface area contributed by atoms with Crippen LogP contribution in [0.3, 0.4) is 0 Å². The van der Waals surface area contributed by atoms with E-state index in [4.69, 9.17) is 0 Å². The molecule has 136 valence electrons. The SMILES string of the molecule is CC(=O)NCCNc1nc(CCc2ccccc2)nc2c1CCNC2=O. The van der Waals surface area contributed by atoms with Crippen LogP contribution >= 0.6 is 0 Å². The van der Waals surface area contributed by atoms with Gasteiger partial charge in [-0.15, -0.1) is 0 Å². The van der Waals surface area contributed by atoms with E-state index in [0.29, 0.717) is 49.8 Å². The third-order valence-corrected chi connectivity index (χ3v) is 4.20. The summed E-state index contributed by atoms with van der Waals surface area (Å²) in [4.78, 5) is 32.3. The molecule has 0 saturated carbocycles. The standard InChI is InChI=1S/C19H23N5O2/c1-13(25)20-11-12-21-18-15-9-10-22-19(26)17(15)23-16(24-18)8-7-14-5-3-2-4-6-14/h2-6H,7-12H2,1H3,(H,20,25)(H,22,26)(H,21,23,24). The van der Waals surface area contributed by atoms with Gasteiger partial charge in [-0.3, -0.25) is 9.59 Å². The fraction of sp³-hybridized carbons (Fsp3) is 0.368. The van der Waals surface area contributed by atoms with Gasteiger partial charge in [-0.2, -0.15) is 0 Å². The van der Waals surface area contributed by atoms with Crippen molar-refractivity contribution in [2.45, 2.75) is 26.2 Å². The topological polar surface area (TPSA) is 96.0 Å². The normalized spacial score (nSPS) is 12.9. The Hall–Kier alpha value is -2.96. The molecular weight excluding hydrogens is 330 g/mol. The van der Waals surface area contributed by atoms with Crippen LogP contribution in [0, 0.1) is 0 Å². The van der Waals surface area contributed by atoms with Gasteiger partial charge in [-0.1, -0.05) is 30.3 Å². The number of fused-ring (bicyclic) bond motifs is 1. The second kappa shape index (κ2) is 8.42. The van der Waals surface area contributed by atoms with Crippen LogP contribution in [0.5, 0.6) is 0 Å². The smallest absolute Gasteiger partial charge is 0.270 e. The van der Waals surface area contributed by atoms with Gasteiger partial charge in [0.25, 0.3) is 5.91 Å². The molecule has 2 amide bonds. The zero-order valence-electron chi connectivity index (χ0n) is 14.8. The minimum absolute atomic E-state index is 0.0700. The Kier molecular flexibility index (Phi) is 5.78. The Balaban J connectivity index is 1.76. The molecule has 0 saturated heterocycles. The molecule has 2 aromatic rings. The highest BCUT2D eigenvalue weighted by Gasteiger charge is 2.23. The first-order chi connectivity index (χ1) is 12.6. The molecule has 1 aliphatic heterocycles. The lowest BCUT2D eigenvalue weighted by molar-refractivity contribution is -0.118. The highest BCUT2D eigenvalue weighted by molar-refractivity contribution is 5.96. The average molecular weight is 353 g/mol. The molecule has 0 aliphatic carbocycles. The van der Waals surface area contributed by atoms with Crippen molar-refractivity contribution in [3.63, 3.8) is 0 Å². The summed E-state index contributed by atoms with van der Waals surface area (Å²) < 4.78 is 0. The van der Waals surface area contributed by atoms with E-state index in [9.17, 15) is 9.59 Å². The molecular formula is C19H23N5O2. The lowest BCUT2D eigenvalue weighted by atomic mass is 10.1. The highest BCUT2D eigenvalue weighted by Crippen LogP contribution is 2.20. The number of aromatic nitrogens is 2. The number of carbonyl (C=O) groups is 2. The van der Waals surface area contributed by atoms with E-state index in [1.54, 1.807) is 0 Å². The van der Waals surface area contributed by atoms with Crippen molar-refractivity contribution in [2.24, 2.45) is 0 Å². The van der Waals surface area contributed by atoms with Gasteiger partial charge in [0.05, 0.1) is 0 Å². The molecule has 0 atom stereocenters. The molecule has 0 fully saturated rings. The summed E-state index contributed by atoms with van der Waals surface area (Å²) in [6.45, 7) is 3.11. The predicted molar refractivity (Wildman–Crippen MR) is 99.1 cm³/mol. The van der Waals surface area contributed by atoms with Crippen LogP contribution in [-0.2, 0) is 24.1 Å². The molecule has 0 radical (unpaired) electrons. The maximum atomic E-state index is 12.2. The number of hydrogen-bond acceptors (Lipinski definition) is 5. The van der Waals surface area contributed by atoms with Crippen LogP contribution in [0.4, 0.5) is 5.82 Å². The Bertz CT molecular complexity index is 792. The molecule has 0 unspecified atom stereocenters. The number of carbonyl (C=O) groups excluding carboxylic acids is 2. The molecule has 3 N–H and O–H groups in total. The van der Waals surface area contributed by atoms with E-state index in [0.717, 1.165) is 12.0 Å². The quantitative estimate of drug-likeness (QED) is 0.648. The molecule has 1 aliphatic rings. The first kappa shape index (κ1) is 17.8. The van der Waals surface area contributed by atoms with Gasteiger partial charge in [0.2, 0.25) is 5.91 Å². The van der Waals surface area contributed by atoms with E-state index in [-0.39, 0.29) is 11.8 Å². The summed E-state index contributed by atoms with van der Waals surface area (Å²) >= 11 is 0. The maximum absolute atomic E-state index is 12.2. The second-order valence-electron chi connectivity index (χ2n) is 6.22. The zero-order chi connectivity index (χ0) is 18.4. The van der Waals surface area contributed by atoms with Gasteiger partial charge < -0.3 is 16.0 Å². The van der Waals surface area contributed by atoms with Crippen molar-refractivity contribution >= 4 is 17.6 Å². The molecule has 7 heteroatoms. The van der Waals surface area contributed by atoms with Crippen molar-refractivity contribution in [1.29, 1.82) is 0 Å². The molecule has 1 aromatic carbocycles. The summed E-state index contributed by atoms with van der Waals surface area (Å²) in [6.07, 6.45) is 2.17. The lowest BCUT2D eigenvalue weighted by Gasteiger charge is -2.20. The Labute approximate surface area is 152 Å². The van der Waals surface area contributed by atoms with E-state index in [1.807, 2.05) is 18.2 Å². The van der Waals surface area contributed by atoms with Crippen LogP contribution < -0.4 is 16.0 Å². The molecule has 3 rings (SSSR count). The number of aryl methyl sites for hydroxylation is 2. The van der Waals surface area contributed by atoms with Crippen molar-refractivity contribution in [2.75, 3.05) is 25.0 Å². The van der Waals surface area contributed by atoms with Crippen molar-refractivity contribution < 1.29 is 9.59 Å². The van der Waals surface area contributed by atoms with E-state index in [2.05, 4.69) is 38.1 Å². The maximum Gasteiger partial charge on any atom is 0.270 e. The van der Waals surface area contributed by atoms with Gasteiger partial charge in [-0.25, -0.2) is 9.97 Å². The molecule has 0 spiro atoms. The Morgan fingerprint density at radius 1 is 1.15 bits per heavy atom. The van der Waals surface area contributed by atoms with E-state index < -0.39 is 0 Å². The molecule has 2 heterocycles. The third kappa shape index (κ3) is 4.56. The minimum Gasteiger partial charge on any atom is -0.368 e. The number of benzene rings is 1. The van der Waals surface area contributed by atoms with Crippen LogP contribution in [0.2, 0.25) is 0 Å². The van der Waals surface area contributed by atoms with Gasteiger partial charge in [0.15, 0.2) is 0 Å². The first-order valence-corrected chi connectivity index (χ1v) is 8.83. The van der Waals surface area contributed by atoms with Crippen LogP contribution in [0.25, 0.3) is 0 Å². The molecule has 1 aromatic heterocycles. The summed E-state index contributed by atoms with van der Waals surface area (Å²) in [5.74, 6) is 1.11. The van der Waals surface area contributed by atoms with Gasteiger partial charge in [-0.05, 0) is 18.4 Å². The Morgan fingerprint density at radius 3 is 2.73 bits per heavy atom. The summed E-state index contributed by atoms with van der Waals surface area (Å²) in [5.41, 5.74) is 2.51. The largest absolute Gasteiger partial charge is 0.368 e. The average Bonchev–Trinajstić information content (AvgIpc) is 2.65. The van der Waals surface area contributed by atoms with Gasteiger partial charge in [0, 0.05) is 38.5 Å². The summed E-state index contributed by atoms with van der Waals surface area (Å²) in [6, 6.07) is 10.1. The number of nitrogens with zero attached hydrogens (tertiary/aromatic N) is 2. The molecule has 0 bridgehead atoms. The number of amides is 2. The van der Waals surface area contributed by atoms with Crippen molar-refractivity contribution in [3.05, 3.63) is 53.0 Å². The third-order valence-electron chi connectivity index (χ3n) is 4.20.